The van der Waals surface area contributed by atoms with Crippen molar-refractivity contribution in [1.82, 2.24) is 19.7 Å². The van der Waals surface area contributed by atoms with E-state index in [1.54, 1.807) is 36.4 Å². The second-order valence-corrected chi connectivity index (χ2v) is 7.19. The van der Waals surface area contributed by atoms with Crippen LogP contribution in [0.25, 0.3) is 0 Å². The minimum atomic E-state index is -0.354. The minimum absolute atomic E-state index is 0.0755. The molecular weight excluding hydrogens is 431 g/mol. The van der Waals surface area contributed by atoms with Crippen molar-refractivity contribution in [3.05, 3.63) is 59.0 Å². The van der Waals surface area contributed by atoms with Crippen LogP contribution in [-0.2, 0) is 7.05 Å². The first-order valence-corrected chi connectivity index (χ1v) is 9.26. The number of ether oxygens (including phenoxy) is 1. The fourth-order valence-electron chi connectivity index (χ4n) is 2.73. The summed E-state index contributed by atoms with van der Waals surface area (Å²) in [4.78, 5) is 22.6. The van der Waals surface area contributed by atoms with Gasteiger partial charge < -0.3 is 15.0 Å². The van der Waals surface area contributed by atoms with Crippen LogP contribution in [0.5, 0.6) is 5.75 Å². The third kappa shape index (κ3) is 3.96. The van der Waals surface area contributed by atoms with Gasteiger partial charge in [-0.15, -0.1) is 0 Å². The lowest BCUT2D eigenvalue weighted by Gasteiger charge is -2.39. The van der Waals surface area contributed by atoms with E-state index in [0.29, 0.717) is 34.8 Å². The number of rotatable bonds is 5. The third-order valence-electron chi connectivity index (χ3n) is 4.19. The molecule has 10 heteroatoms. The number of carbonyl (C=O) groups excluding carboxylic acids is 1. The fourth-order valence-corrected chi connectivity index (χ4v) is 3.07. The lowest BCUT2D eigenvalue weighted by atomic mass is 10.1. The van der Waals surface area contributed by atoms with Crippen molar-refractivity contribution < 1.29 is 13.9 Å². The molecule has 4 rings (SSSR count). The number of aromatic nitrogens is 4. The number of nitrogens with one attached hydrogen (secondary N) is 1. The molecule has 1 aliphatic heterocycles. The number of anilines is 2. The SMILES string of the molecule is Cn1cc(NC(=O)c2cnc(N3CC(Oc4cc(F)ccc4Br)C3)cn2)cn1. The van der Waals surface area contributed by atoms with Gasteiger partial charge in [0.05, 0.1) is 41.8 Å². The van der Waals surface area contributed by atoms with Gasteiger partial charge in [0.15, 0.2) is 0 Å². The highest BCUT2D eigenvalue weighted by atomic mass is 79.9. The summed E-state index contributed by atoms with van der Waals surface area (Å²) in [5.41, 5.74) is 0.800. The van der Waals surface area contributed by atoms with Gasteiger partial charge in [-0.05, 0) is 28.1 Å². The van der Waals surface area contributed by atoms with E-state index >= 15 is 0 Å². The molecule has 8 nitrogen and oxygen atoms in total. The molecule has 0 bridgehead atoms. The first-order chi connectivity index (χ1) is 13.5. The molecule has 3 aromatic rings. The molecule has 144 valence electrons. The summed E-state index contributed by atoms with van der Waals surface area (Å²) in [5, 5.41) is 6.70. The van der Waals surface area contributed by atoms with Gasteiger partial charge >= 0.3 is 0 Å². The van der Waals surface area contributed by atoms with E-state index < -0.39 is 0 Å². The van der Waals surface area contributed by atoms with E-state index in [1.807, 2.05) is 4.90 Å². The number of carbonyl (C=O) groups is 1. The summed E-state index contributed by atoms with van der Waals surface area (Å²) in [6.45, 7) is 1.19. The van der Waals surface area contributed by atoms with Crippen molar-refractivity contribution in [1.29, 1.82) is 0 Å². The first-order valence-electron chi connectivity index (χ1n) is 8.46. The zero-order valence-corrected chi connectivity index (χ0v) is 16.4. The zero-order chi connectivity index (χ0) is 19.7. The molecule has 0 radical (unpaired) electrons. The van der Waals surface area contributed by atoms with Crippen LogP contribution in [0, 0.1) is 5.82 Å². The minimum Gasteiger partial charge on any atom is -0.485 e. The van der Waals surface area contributed by atoms with Gasteiger partial charge in [0.25, 0.3) is 5.91 Å². The first kappa shape index (κ1) is 18.4. The standard InChI is InChI=1S/C18H16BrFN6O2/c1-25-8-12(5-23-25)24-18(27)15-6-22-17(7-21-15)26-9-13(10-26)28-16-4-11(20)2-3-14(16)19/h2-8,13H,9-10H2,1H3,(H,24,27). The quantitative estimate of drug-likeness (QED) is 0.648. The molecule has 0 saturated carbocycles. The Hall–Kier alpha value is -3.01. The highest BCUT2D eigenvalue weighted by Gasteiger charge is 2.30. The van der Waals surface area contributed by atoms with Crippen molar-refractivity contribution in [2.24, 2.45) is 7.05 Å². The number of benzene rings is 1. The number of halogens is 2. The van der Waals surface area contributed by atoms with Gasteiger partial charge in [0.1, 0.15) is 29.2 Å². The predicted octanol–water partition coefficient (Wildman–Crippen LogP) is 2.63. The largest absolute Gasteiger partial charge is 0.485 e. The molecule has 0 aliphatic carbocycles. The van der Waals surface area contributed by atoms with Crippen LogP contribution in [0.3, 0.4) is 0 Å². The molecule has 3 heterocycles. The monoisotopic (exact) mass is 446 g/mol. The van der Waals surface area contributed by atoms with Crippen LogP contribution < -0.4 is 15.0 Å². The van der Waals surface area contributed by atoms with Crippen molar-refractivity contribution in [2.45, 2.75) is 6.10 Å². The molecule has 1 N–H and O–H groups in total. The normalized spacial score (nSPS) is 13.9. The highest BCUT2D eigenvalue weighted by Crippen LogP contribution is 2.29. The third-order valence-corrected chi connectivity index (χ3v) is 4.85. The smallest absolute Gasteiger partial charge is 0.275 e. The Morgan fingerprint density at radius 1 is 1.29 bits per heavy atom. The number of hydrogen-bond acceptors (Lipinski definition) is 6. The molecular formula is C18H16BrFN6O2. The average molecular weight is 447 g/mol. The van der Waals surface area contributed by atoms with E-state index in [9.17, 15) is 9.18 Å². The van der Waals surface area contributed by atoms with Crippen LogP contribution in [0.2, 0.25) is 0 Å². The van der Waals surface area contributed by atoms with Gasteiger partial charge in [-0.2, -0.15) is 5.10 Å². The Morgan fingerprint density at radius 2 is 2.11 bits per heavy atom. The van der Waals surface area contributed by atoms with Crippen LogP contribution in [0.15, 0.2) is 47.5 Å². The van der Waals surface area contributed by atoms with E-state index in [-0.39, 0.29) is 23.5 Å². The van der Waals surface area contributed by atoms with Crippen molar-refractivity contribution in [3.63, 3.8) is 0 Å². The van der Waals surface area contributed by atoms with E-state index in [1.165, 1.54) is 18.3 Å². The maximum Gasteiger partial charge on any atom is 0.275 e. The van der Waals surface area contributed by atoms with E-state index in [4.69, 9.17) is 4.74 Å². The molecule has 1 aliphatic rings. The van der Waals surface area contributed by atoms with Crippen molar-refractivity contribution in [3.8, 4) is 5.75 Å². The van der Waals surface area contributed by atoms with Crippen molar-refractivity contribution >= 4 is 33.3 Å². The predicted molar refractivity (Wildman–Crippen MR) is 104 cm³/mol. The van der Waals surface area contributed by atoms with E-state index in [0.717, 1.165) is 0 Å². The van der Waals surface area contributed by atoms with Gasteiger partial charge in [0.2, 0.25) is 0 Å². The topological polar surface area (TPSA) is 85.2 Å². The summed E-state index contributed by atoms with van der Waals surface area (Å²) in [7, 11) is 1.77. The Labute approximate surface area is 168 Å². The Bertz CT molecular complexity index is 1000. The molecule has 28 heavy (non-hydrogen) atoms. The van der Waals surface area contributed by atoms with Crippen LogP contribution in [0.4, 0.5) is 15.9 Å². The molecule has 1 fully saturated rings. The van der Waals surface area contributed by atoms with Gasteiger partial charge in [-0.1, -0.05) is 0 Å². The Balaban J connectivity index is 1.33. The van der Waals surface area contributed by atoms with Gasteiger partial charge in [-0.25, -0.2) is 14.4 Å². The van der Waals surface area contributed by atoms with Gasteiger partial charge in [0, 0.05) is 19.3 Å². The molecule has 1 saturated heterocycles. The lowest BCUT2D eigenvalue weighted by molar-refractivity contribution is 0.102. The maximum atomic E-state index is 13.3. The second kappa shape index (κ2) is 7.55. The Kier molecular flexibility index (Phi) is 4.95. The molecule has 0 atom stereocenters. The number of nitrogens with zero attached hydrogens (tertiary/aromatic N) is 5. The highest BCUT2D eigenvalue weighted by molar-refractivity contribution is 9.10. The number of aryl methyl sites for hydroxylation is 1. The van der Waals surface area contributed by atoms with Crippen LogP contribution in [0.1, 0.15) is 10.5 Å². The molecule has 1 amide bonds. The molecule has 0 spiro atoms. The molecule has 1 aromatic carbocycles. The summed E-state index contributed by atoms with van der Waals surface area (Å²) in [6, 6.07) is 4.33. The van der Waals surface area contributed by atoms with Crippen LogP contribution >= 0.6 is 15.9 Å². The molecule has 2 aromatic heterocycles. The summed E-state index contributed by atoms with van der Waals surface area (Å²) < 4.78 is 21.4. The summed E-state index contributed by atoms with van der Waals surface area (Å²) in [6.07, 6.45) is 6.15. The fraction of sp³-hybridized carbons (Fsp3) is 0.222. The Morgan fingerprint density at radius 3 is 2.79 bits per heavy atom. The van der Waals surface area contributed by atoms with Crippen molar-refractivity contribution in [2.75, 3.05) is 23.3 Å². The zero-order valence-electron chi connectivity index (χ0n) is 14.8. The van der Waals surface area contributed by atoms with E-state index in [2.05, 4.69) is 36.3 Å². The lowest BCUT2D eigenvalue weighted by Crippen LogP contribution is -2.54. The number of amides is 1. The summed E-state index contributed by atoms with van der Waals surface area (Å²) in [5.74, 6) is 0.419. The van der Waals surface area contributed by atoms with Crippen LogP contribution in [-0.4, -0.2) is 44.8 Å². The summed E-state index contributed by atoms with van der Waals surface area (Å²) >= 11 is 3.35. The number of hydrogen-bond donors (Lipinski definition) is 1. The molecule has 0 unspecified atom stereocenters. The van der Waals surface area contributed by atoms with Gasteiger partial charge in [-0.3, -0.25) is 9.48 Å². The average Bonchev–Trinajstić information content (AvgIpc) is 3.05. The maximum absolute atomic E-state index is 13.3. The second-order valence-electron chi connectivity index (χ2n) is 6.34.